The molecule has 1 atom stereocenters. The highest BCUT2D eigenvalue weighted by Gasteiger charge is 2.25. The highest BCUT2D eigenvalue weighted by molar-refractivity contribution is 6.30. The van der Waals surface area contributed by atoms with Gasteiger partial charge in [0, 0.05) is 11.1 Å². The first-order valence-corrected chi connectivity index (χ1v) is 7.62. The van der Waals surface area contributed by atoms with Crippen molar-refractivity contribution in [3.63, 3.8) is 0 Å². The molecule has 0 aliphatic carbocycles. The van der Waals surface area contributed by atoms with Crippen LogP contribution in [-0.4, -0.2) is 35.1 Å². The minimum Gasteiger partial charge on any atom is -0.481 e. The molecule has 1 saturated heterocycles. The second-order valence-corrected chi connectivity index (χ2v) is 6.24. The van der Waals surface area contributed by atoms with Crippen LogP contribution >= 0.6 is 11.6 Å². The van der Waals surface area contributed by atoms with Crippen molar-refractivity contribution >= 4 is 17.6 Å². The van der Waals surface area contributed by atoms with Crippen molar-refractivity contribution < 1.29 is 9.90 Å². The molecule has 0 aromatic heterocycles. The molecule has 2 rings (SSSR count). The highest BCUT2D eigenvalue weighted by Crippen LogP contribution is 2.22. The summed E-state index contributed by atoms with van der Waals surface area (Å²) in [4.78, 5) is 13.4. The Hall–Kier alpha value is -1.06. The molecule has 110 valence electrons. The number of nitrogens with zero attached hydrogens (tertiary/aromatic N) is 1. The van der Waals surface area contributed by atoms with Gasteiger partial charge < -0.3 is 5.11 Å². The van der Waals surface area contributed by atoms with Crippen LogP contribution in [0, 0.1) is 5.92 Å². The van der Waals surface area contributed by atoms with Crippen LogP contribution < -0.4 is 0 Å². The maximum atomic E-state index is 11.1. The van der Waals surface area contributed by atoms with Gasteiger partial charge in [0.15, 0.2) is 0 Å². The van der Waals surface area contributed by atoms with Gasteiger partial charge in [-0.05, 0) is 56.0 Å². The number of likely N-dealkylation sites (tertiary alicyclic amines) is 1. The third-order valence-electron chi connectivity index (χ3n) is 4.13. The first-order valence-electron chi connectivity index (χ1n) is 7.25. The number of aliphatic carboxylic acids is 1. The molecule has 1 aromatic carbocycles. The number of piperidine rings is 1. The molecule has 1 N–H and O–H groups in total. The summed E-state index contributed by atoms with van der Waals surface area (Å²) in [6.45, 7) is 4.28. The van der Waals surface area contributed by atoms with Crippen LogP contribution in [0.5, 0.6) is 0 Å². The van der Waals surface area contributed by atoms with Crippen molar-refractivity contribution in [3.05, 3.63) is 34.9 Å². The largest absolute Gasteiger partial charge is 0.481 e. The zero-order chi connectivity index (χ0) is 14.5. The topological polar surface area (TPSA) is 40.5 Å². The molecule has 0 saturated carbocycles. The predicted octanol–water partition coefficient (Wildman–Crippen LogP) is 3.46. The number of carboxylic acids is 1. The van der Waals surface area contributed by atoms with E-state index in [1.807, 2.05) is 24.3 Å². The van der Waals surface area contributed by atoms with E-state index in [1.165, 1.54) is 0 Å². The zero-order valence-electron chi connectivity index (χ0n) is 11.9. The lowest BCUT2D eigenvalue weighted by Crippen LogP contribution is -2.43. The molecular formula is C16H22ClNO2. The van der Waals surface area contributed by atoms with Crippen molar-refractivity contribution in [1.82, 2.24) is 4.90 Å². The fourth-order valence-corrected chi connectivity index (χ4v) is 2.94. The Kier molecular flexibility index (Phi) is 5.44. The number of carboxylic acid groups (broad SMARTS) is 1. The van der Waals surface area contributed by atoms with Gasteiger partial charge in [-0.3, -0.25) is 9.69 Å². The third-order valence-corrected chi connectivity index (χ3v) is 4.38. The molecule has 1 aliphatic heterocycles. The number of hydrogen-bond donors (Lipinski definition) is 1. The van der Waals surface area contributed by atoms with E-state index >= 15 is 0 Å². The lowest BCUT2D eigenvalue weighted by molar-refractivity contribution is -0.138. The van der Waals surface area contributed by atoms with Crippen LogP contribution in [0.25, 0.3) is 0 Å². The van der Waals surface area contributed by atoms with Gasteiger partial charge >= 0.3 is 5.97 Å². The summed E-state index contributed by atoms with van der Waals surface area (Å²) in [7, 11) is 0. The fourth-order valence-electron chi connectivity index (χ4n) is 2.82. The molecular weight excluding hydrogens is 274 g/mol. The summed E-state index contributed by atoms with van der Waals surface area (Å²) in [5.41, 5.74) is 1.15. The Morgan fingerprint density at radius 1 is 1.35 bits per heavy atom. The van der Waals surface area contributed by atoms with Gasteiger partial charge in [-0.1, -0.05) is 30.7 Å². The third kappa shape index (κ3) is 4.50. The lowest BCUT2D eigenvalue weighted by Gasteiger charge is -2.36. The molecule has 1 aliphatic rings. The summed E-state index contributed by atoms with van der Waals surface area (Å²) in [6.07, 6.45) is 3.31. The molecule has 0 spiro atoms. The monoisotopic (exact) mass is 295 g/mol. The average molecular weight is 296 g/mol. The van der Waals surface area contributed by atoms with Crippen molar-refractivity contribution in [3.8, 4) is 0 Å². The maximum absolute atomic E-state index is 11.1. The van der Waals surface area contributed by atoms with Crippen LogP contribution in [0.15, 0.2) is 24.3 Å². The van der Waals surface area contributed by atoms with E-state index in [-0.39, 0.29) is 12.5 Å². The molecule has 1 unspecified atom stereocenters. The minimum absolute atomic E-state index is 0.0844. The molecule has 1 heterocycles. The van der Waals surface area contributed by atoms with E-state index in [0.717, 1.165) is 48.9 Å². The Balaban J connectivity index is 2.03. The van der Waals surface area contributed by atoms with Gasteiger partial charge in [0.1, 0.15) is 0 Å². The quantitative estimate of drug-likeness (QED) is 0.904. The van der Waals surface area contributed by atoms with Crippen molar-refractivity contribution in [2.24, 2.45) is 5.92 Å². The number of carbonyl (C=O) groups is 1. The van der Waals surface area contributed by atoms with E-state index in [2.05, 4.69) is 11.8 Å². The average Bonchev–Trinajstić information content (AvgIpc) is 2.41. The van der Waals surface area contributed by atoms with E-state index in [1.54, 1.807) is 0 Å². The summed E-state index contributed by atoms with van der Waals surface area (Å²) < 4.78 is 0. The van der Waals surface area contributed by atoms with Gasteiger partial charge in [0.25, 0.3) is 0 Å². The second kappa shape index (κ2) is 7.09. The van der Waals surface area contributed by atoms with Crippen LogP contribution in [-0.2, 0) is 11.2 Å². The maximum Gasteiger partial charge on any atom is 0.304 e. The minimum atomic E-state index is -0.720. The Labute approximate surface area is 125 Å². The van der Waals surface area contributed by atoms with E-state index in [4.69, 9.17) is 16.7 Å². The molecule has 1 aromatic rings. The van der Waals surface area contributed by atoms with E-state index in [0.29, 0.717) is 0 Å². The van der Waals surface area contributed by atoms with Crippen LogP contribution in [0.4, 0.5) is 0 Å². The first kappa shape index (κ1) is 15.3. The van der Waals surface area contributed by atoms with E-state index < -0.39 is 5.97 Å². The molecule has 20 heavy (non-hydrogen) atoms. The summed E-state index contributed by atoms with van der Waals surface area (Å²) in [6, 6.07) is 7.80. The van der Waals surface area contributed by atoms with Crippen LogP contribution in [0.3, 0.4) is 0 Å². The number of halogens is 1. The molecule has 0 radical (unpaired) electrons. The first-order chi connectivity index (χ1) is 9.54. The number of hydrogen-bond acceptors (Lipinski definition) is 2. The van der Waals surface area contributed by atoms with Gasteiger partial charge in [-0.25, -0.2) is 0 Å². The number of benzene rings is 1. The normalized spacial score (nSPS) is 18.9. The summed E-state index contributed by atoms with van der Waals surface area (Å²) >= 11 is 5.89. The predicted molar refractivity (Wildman–Crippen MR) is 81.2 cm³/mol. The highest BCUT2D eigenvalue weighted by atomic mass is 35.5. The summed E-state index contributed by atoms with van der Waals surface area (Å²) in [5, 5.41) is 9.86. The van der Waals surface area contributed by atoms with Crippen molar-refractivity contribution in [2.75, 3.05) is 13.1 Å². The SMILES string of the molecule is CC1CCN(C(CC(=O)O)Cc2ccc(Cl)cc2)CC1. The molecule has 0 amide bonds. The fraction of sp³-hybridized carbons (Fsp3) is 0.562. The second-order valence-electron chi connectivity index (χ2n) is 5.80. The standard InChI is InChI=1S/C16H22ClNO2/c1-12-6-8-18(9-7-12)15(11-16(19)20)10-13-2-4-14(17)5-3-13/h2-5,12,15H,6-11H2,1H3,(H,19,20). The Bertz CT molecular complexity index is 438. The van der Waals surface area contributed by atoms with Crippen molar-refractivity contribution in [1.29, 1.82) is 0 Å². The summed E-state index contributed by atoms with van der Waals surface area (Å²) in [5.74, 6) is 0.0369. The number of rotatable bonds is 5. The molecule has 4 heteroatoms. The van der Waals surface area contributed by atoms with Crippen LogP contribution in [0.1, 0.15) is 31.7 Å². The molecule has 0 bridgehead atoms. The van der Waals surface area contributed by atoms with Gasteiger partial charge in [-0.15, -0.1) is 0 Å². The Morgan fingerprint density at radius 3 is 2.50 bits per heavy atom. The van der Waals surface area contributed by atoms with Gasteiger partial charge in [0.2, 0.25) is 0 Å². The molecule has 1 fully saturated rings. The van der Waals surface area contributed by atoms with Gasteiger partial charge in [0.05, 0.1) is 6.42 Å². The smallest absolute Gasteiger partial charge is 0.304 e. The lowest BCUT2D eigenvalue weighted by atomic mass is 9.94. The zero-order valence-corrected chi connectivity index (χ0v) is 12.6. The van der Waals surface area contributed by atoms with Gasteiger partial charge in [-0.2, -0.15) is 0 Å². The van der Waals surface area contributed by atoms with E-state index in [9.17, 15) is 4.79 Å². The van der Waals surface area contributed by atoms with Crippen molar-refractivity contribution in [2.45, 2.75) is 38.6 Å². The van der Waals surface area contributed by atoms with Crippen LogP contribution in [0.2, 0.25) is 5.02 Å². The molecule has 3 nitrogen and oxygen atoms in total. The Morgan fingerprint density at radius 2 is 1.95 bits per heavy atom.